The van der Waals surface area contributed by atoms with Crippen molar-refractivity contribution in [1.82, 2.24) is 12.9 Å². The fourth-order valence-electron chi connectivity index (χ4n) is 3.74. The van der Waals surface area contributed by atoms with E-state index in [1.807, 2.05) is 8.61 Å². The average molecular weight is 568 g/mol. The fourth-order valence-corrected chi connectivity index (χ4v) is 6.99. The average Bonchev–Trinajstić information content (AvgIpc) is 3.51. The molecule has 0 bridgehead atoms. The lowest BCUT2D eigenvalue weighted by Crippen LogP contribution is -2.19. The van der Waals surface area contributed by atoms with E-state index in [2.05, 4.69) is 13.8 Å². The first-order valence-electron chi connectivity index (χ1n) is 13.3. The molecule has 0 saturated carbocycles. The molecule has 3 amide bonds. The maximum Gasteiger partial charge on any atom is 0.234 e. The van der Waals surface area contributed by atoms with Crippen LogP contribution in [0.25, 0.3) is 0 Å². The Labute approximate surface area is 231 Å². The molecule has 0 radical (unpaired) electrons. The van der Waals surface area contributed by atoms with Crippen molar-refractivity contribution in [3.05, 3.63) is 0 Å². The Morgan fingerprint density at radius 1 is 0.714 bits per heavy atom. The van der Waals surface area contributed by atoms with Crippen molar-refractivity contribution in [2.45, 2.75) is 108 Å². The van der Waals surface area contributed by atoms with Crippen LogP contribution in [0.2, 0.25) is 0 Å². The maximum absolute atomic E-state index is 11.4. The molecule has 0 spiro atoms. The Bertz CT molecular complexity index is 616. The summed E-state index contributed by atoms with van der Waals surface area (Å²) in [6.45, 7) is 6.25. The predicted molar refractivity (Wildman–Crippen MR) is 154 cm³/mol. The van der Waals surface area contributed by atoms with Crippen LogP contribution in [0.3, 0.4) is 0 Å². The van der Waals surface area contributed by atoms with E-state index in [9.17, 15) is 14.4 Å². The van der Waals surface area contributed by atoms with Crippen LogP contribution < -0.4 is 0 Å². The van der Waals surface area contributed by atoms with Gasteiger partial charge in [0.2, 0.25) is 17.7 Å². The summed E-state index contributed by atoms with van der Waals surface area (Å²) in [5.74, 6) is 2.75. The third-order valence-electron chi connectivity index (χ3n) is 5.78. The molecular weight excluding hydrogens is 522 g/mol. The zero-order chi connectivity index (χ0) is 25.9. The minimum absolute atomic E-state index is 0.0347. The zero-order valence-electron chi connectivity index (χ0n) is 22.0. The van der Waals surface area contributed by atoms with Gasteiger partial charge in [-0.3, -0.25) is 27.3 Å². The molecule has 0 aromatic rings. The van der Waals surface area contributed by atoms with Gasteiger partial charge in [-0.25, -0.2) is 0 Å². The lowest BCUT2D eigenvalue weighted by molar-refractivity contribution is -0.125. The van der Waals surface area contributed by atoms with Crippen LogP contribution >= 0.6 is 47.4 Å². The van der Waals surface area contributed by atoms with Gasteiger partial charge in [0.25, 0.3) is 0 Å². The van der Waals surface area contributed by atoms with Gasteiger partial charge in [-0.2, -0.15) is 0 Å². The van der Waals surface area contributed by atoms with Gasteiger partial charge in [0, 0.05) is 44.5 Å². The summed E-state index contributed by atoms with van der Waals surface area (Å²) in [5.41, 5.74) is 0. The maximum atomic E-state index is 11.4. The molecule has 0 aliphatic carbocycles. The smallest absolute Gasteiger partial charge is 0.234 e. The van der Waals surface area contributed by atoms with Crippen LogP contribution in [0, 0.1) is 0 Å². The van der Waals surface area contributed by atoms with Gasteiger partial charge in [-0.05, 0) is 48.7 Å². The fraction of sp³-hybridized carbons (Fsp3) is 0.880. The van der Waals surface area contributed by atoms with Gasteiger partial charge in [-0.15, -0.1) is 11.6 Å². The predicted octanol–water partition coefficient (Wildman–Crippen LogP) is 7.13. The van der Waals surface area contributed by atoms with Crippen molar-refractivity contribution in [2.24, 2.45) is 0 Å². The summed E-state index contributed by atoms with van der Waals surface area (Å²) in [7, 11) is 1.73. The normalized spacial score (nSPS) is 19.7. The second-order valence-electron chi connectivity index (χ2n) is 8.95. The van der Waals surface area contributed by atoms with Crippen LogP contribution in [0.1, 0.15) is 104 Å². The number of alkyl halides is 1. The molecule has 0 aromatic carbocycles. The second-order valence-corrected chi connectivity index (χ2v) is 13.3. The minimum Gasteiger partial charge on any atom is -0.288 e. The number of hydrogen-bond acceptors (Lipinski definition) is 6. The van der Waals surface area contributed by atoms with Crippen molar-refractivity contribution in [3.8, 4) is 0 Å². The van der Waals surface area contributed by atoms with E-state index in [4.69, 9.17) is 11.6 Å². The van der Waals surface area contributed by atoms with E-state index in [-0.39, 0.29) is 10.6 Å². The number of rotatable bonds is 13. The highest BCUT2D eigenvalue weighted by molar-refractivity contribution is 7.99. The molecule has 35 heavy (non-hydrogen) atoms. The lowest BCUT2D eigenvalue weighted by Gasteiger charge is -2.13. The van der Waals surface area contributed by atoms with E-state index in [1.165, 1.54) is 76.2 Å². The molecule has 3 rings (SSSR count). The topological polar surface area (TPSA) is 60.9 Å². The molecular formula is C25H46ClN3O3S3. The Morgan fingerprint density at radius 3 is 1.54 bits per heavy atom. The van der Waals surface area contributed by atoms with Gasteiger partial charge in [0.15, 0.2) is 0 Å². The number of carbonyl (C=O) groups excluding carboxylic acids is 3. The van der Waals surface area contributed by atoms with E-state index >= 15 is 0 Å². The van der Waals surface area contributed by atoms with Gasteiger partial charge < -0.3 is 0 Å². The molecule has 1 unspecified atom stereocenters. The number of nitrogens with zero attached hydrogens (tertiary/aromatic N) is 3. The highest BCUT2D eigenvalue weighted by atomic mass is 35.5. The van der Waals surface area contributed by atoms with E-state index in [0.29, 0.717) is 18.2 Å². The van der Waals surface area contributed by atoms with Crippen molar-refractivity contribution < 1.29 is 14.4 Å². The van der Waals surface area contributed by atoms with Crippen molar-refractivity contribution in [1.29, 1.82) is 0 Å². The molecule has 10 heteroatoms. The van der Waals surface area contributed by atoms with Crippen molar-refractivity contribution in [2.75, 3.05) is 31.6 Å². The SMILES string of the molecule is CCCCCCCCCCCCN1SCCC1=O.CCCN1SCCC1=O.CN1SC(Cl)CC1=O. The number of amides is 3. The number of unbranched alkanes of at least 4 members (excludes halogenated alkanes) is 9. The Morgan fingerprint density at radius 2 is 1.20 bits per heavy atom. The van der Waals surface area contributed by atoms with Crippen molar-refractivity contribution >= 4 is 65.2 Å². The molecule has 3 heterocycles. The van der Waals surface area contributed by atoms with E-state index in [1.54, 1.807) is 35.2 Å². The van der Waals surface area contributed by atoms with Gasteiger partial charge in [0.05, 0.1) is 6.42 Å². The number of carbonyl (C=O) groups is 3. The summed E-state index contributed by atoms with van der Waals surface area (Å²) in [6.07, 6.45) is 16.7. The third kappa shape index (κ3) is 15.6. The van der Waals surface area contributed by atoms with Crippen molar-refractivity contribution in [3.63, 3.8) is 0 Å². The van der Waals surface area contributed by atoms with Crippen LogP contribution in [0.15, 0.2) is 0 Å². The summed E-state index contributed by atoms with van der Waals surface area (Å²) in [6, 6.07) is 0. The third-order valence-corrected chi connectivity index (χ3v) is 9.26. The lowest BCUT2D eigenvalue weighted by atomic mass is 10.1. The highest BCUT2D eigenvalue weighted by Gasteiger charge is 2.25. The van der Waals surface area contributed by atoms with E-state index < -0.39 is 0 Å². The van der Waals surface area contributed by atoms with Crippen LogP contribution in [0.5, 0.6) is 0 Å². The molecule has 0 aromatic heterocycles. The quantitative estimate of drug-likeness (QED) is 0.134. The number of halogens is 1. The molecule has 3 fully saturated rings. The zero-order valence-corrected chi connectivity index (χ0v) is 25.2. The van der Waals surface area contributed by atoms with Crippen LogP contribution in [-0.2, 0) is 14.4 Å². The molecule has 3 saturated heterocycles. The Kier molecular flexibility index (Phi) is 19.4. The van der Waals surface area contributed by atoms with Gasteiger partial charge in [-0.1, -0.05) is 71.6 Å². The largest absolute Gasteiger partial charge is 0.288 e. The standard InChI is InChI=1S/C15H29NOS.C6H11NOS.C4H6ClNOS/c1-2-3-4-5-6-7-8-9-10-11-13-16-15(17)12-14-18-16;1-2-4-7-6(8)3-5-9-7;1-6-4(7)2-3(5)8-6/h2-14H2,1H3;2-5H2,1H3;3H,2H2,1H3. The number of hydrogen-bond donors (Lipinski definition) is 0. The molecule has 6 nitrogen and oxygen atoms in total. The van der Waals surface area contributed by atoms with Gasteiger partial charge in [0.1, 0.15) is 4.71 Å². The van der Waals surface area contributed by atoms with Crippen LogP contribution in [-0.4, -0.2) is 67.0 Å². The second kappa shape index (κ2) is 20.8. The summed E-state index contributed by atoms with van der Waals surface area (Å²) >= 11 is 10.4. The molecule has 204 valence electrons. The Balaban J connectivity index is 0.000000298. The minimum atomic E-state index is -0.0347. The Hall–Kier alpha value is -0.250. The molecule has 3 aliphatic heterocycles. The summed E-state index contributed by atoms with van der Waals surface area (Å²) in [5, 5.41) is 0. The molecule has 0 N–H and O–H groups in total. The van der Waals surface area contributed by atoms with Gasteiger partial charge >= 0.3 is 0 Å². The summed E-state index contributed by atoms with van der Waals surface area (Å²) < 4.78 is 5.36. The highest BCUT2D eigenvalue weighted by Crippen LogP contribution is 2.30. The molecule has 3 aliphatic rings. The van der Waals surface area contributed by atoms with Crippen LogP contribution in [0.4, 0.5) is 0 Å². The monoisotopic (exact) mass is 567 g/mol. The molecule has 1 atom stereocenters. The van der Waals surface area contributed by atoms with E-state index in [0.717, 1.165) is 43.9 Å². The first-order chi connectivity index (χ1) is 16.9. The first-order valence-corrected chi connectivity index (χ1v) is 16.5. The summed E-state index contributed by atoms with van der Waals surface area (Å²) in [4.78, 5) is 32.8. The first kappa shape index (κ1) is 32.8.